The molecule has 1 unspecified atom stereocenters. The van der Waals surface area contributed by atoms with Crippen molar-refractivity contribution in [2.45, 2.75) is 25.6 Å². The summed E-state index contributed by atoms with van der Waals surface area (Å²) in [6.45, 7) is 1.46. The van der Waals surface area contributed by atoms with Gasteiger partial charge in [0, 0.05) is 13.0 Å². The summed E-state index contributed by atoms with van der Waals surface area (Å²) in [4.78, 5) is 2.44. The highest BCUT2D eigenvalue weighted by Gasteiger charge is 2.32. The van der Waals surface area contributed by atoms with Gasteiger partial charge < -0.3 is 9.47 Å². The quantitative estimate of drug-likeness (QED) is 0.757. The van der Waals surface area contributed by atoms with Crippen molar-refractivity contribution in [3.05, 3.63) is 31.9 Å². The van der Waals surface area contributed by atoms with Crippen LogP contribution in [-0.2, 0) is 30.1 Å². The standard InChI is InChI=1S/C14H19ClN4O2S3/c1-17(7-11-3-4-12(15)23-11)9-19-14(22)18(2)13(16-19)10-5-6-24(20,21)8-10/h3-4,10H,5-9H2,1-2H3/p+1/t10-/m0/s1. The number of sulfone groups is 1. The summed E-state index contributed by atoms with van der Waals surface area (Å²) in [5.74, 6) is 1.12. The number of nitrogens with one attached hydrogen (secondary N) is 1. The van der Waals surface area contributed by atoms with Gasteiger partial charge >= 0.3 is 0 Å². The van der Waals surface area contributed by atoms with Crippen molar-refractivity contribution in [1.82, 2.24) is 14.3 Å². The molecule has 0 amide bonds. The van der Waals surface area contributed by atoms with Crippen molar-refractivity contribution in [2.24, 2.45) is 7.05 Å². The van der Waals surface area contributed by atoms with Crippen LogP contribution in [-0.4, -0.2) is 41.3 Å². The highest BCUT2D eigenvalue weighted by atomic mass is 35.5. The van der Waals surface area contributed by atoms with Crippen LogP contribution in [0.3, 0.4) is 0 Å². The maximum atomic E-state index is 11.7. The van der Waals surface area contributed by atoms with Crippen molar-refractivity contribution in [2.75, 3.05) is 18.6 Å². The predicted octanol–water partition coefficient (Wildman–Crippen LogP) is 1.24. The molecule has 3 rings (SSSR count). The lowest BCUT2D eigenvalue weighted by Crippen LogP contribution is -3.06. The number of rotatable bonds is 5. The fourth-order valence-corrected chi connectivity index (χ4v) is 6.16. The second-order valence-corrected chi connectivity index (χ2v) is 10.7. The van der Waals surface area contributed by atoms with E-state index in [1.165, 1.54) is 9.78 Å². The third-order valence-electron chi connectivity index (χ3n) is 4.20. The number of quaternary nitrogens is 1. The minimum atomic E-state index is -2.94. The van der Waals surface area contributed by atoms with Gasteiger partial charge in [0.05, 0.1) is 27.8 Å². The summed E-state index contributed by atoms with van der Waals surface area (Å²) in [6.07, 6.45) is 0.623. The number of halogens is 1. The van der Waals surface area contributed by atoms with Gasteiger partial charge in [-0.05, 0) is 30.8 Å². The average Bonchev–Trinajstić information content (AvgIpc) is 3.13. The lowest BCUT2D eigenvalue weighted by molar-refractivity contribution is -0.917. The first-order valence-electron chi connectivity index (χ1n) is 7.65. The van der Waals surface area contributed by atoms with Crippen LogP contribution < -0.4 is 4.90 Å². The molecule has 2 aromatic heterocycles. The Labute approximate surface area is 155 Å². The highest BCUT2D eigenvalue weighted by molar-refractivity contribution is 7.91. The number of hydrogen-bond acceptors (Lipinski definition) is 5. The van der Waals surface area contributed by atoms with E-state index in [9.17, 15) is 8.42 Å². The van der Waals surface area contributed by atoms with Crippen LogP contribution in [0.25, 0.3) is 0 Å². The normalized spacial score (nSPS) is 21.2. The molecule has 24 heavy (non-hydrogen) atoms. The van der Waals surface area contributed by atoms with Gasteiger partial charge in [-0.15, -0.1) is 11.3 Å². The predicted molar refractivity (Wildman–Crippen MR) is 98.0 cm³/mol. The van der Waals surface area contributed by atoms with E-state index < -0.39 is 9.84 Å². The first kappa shape index (κ1) is 18.1. The molecule has 0 spiro atoms. The zero-order valence-corrected chi connectivity index (χ0v) is 16.7. The molecule has 0 radical (unpaired) electrons. The maximum absolute atomic E-state index is 11.7. The Morgan fingerprint density at radius 3 is 2.83 bits per heavy atom. The second kappa shape index (κ2) is 6.87. The molecule has 1 saturated heterocycles. The van der Waals surface area contributed by atoms with Gasteiger partial charge in [-0.3, -0.25) is 0 Å². The Kier molecular flexibility index (Phi) is 5.17. The van der Waals surface area contributed by atoms with Gasteiger partial charge in [0.15, 0.2) is 16.5 Å². The Balaban J connectivity index is 1.75. The third kappa shape index (κ3) is 3.91. The fraction of sp³-hybridized carbons (Fsp3) is 0.571. The lowest BCUT2D eigenvalue weighted by atomic mass is 10.1. The SMILES string of the molecule is Cn1c([C@H]2CCS(=O)(=O)C2)nn(C[NH+](C)Cc2ccc(Cl)s2)c1=S. The molecule has 1 aliphatic heterocycles. The van der Waals surface area contributed by atoms with Crippen LogP contribution in [0.5, 0.6) is 0 Å². The molecule has 2 aromatic rings. The zero-order chi connectivity index (χ0) is 17.5. The van der Waals surface area contributed by atoms with Crippen LogP contribution in [0.4, 0.5) is 0 Å². The average molecular weight is 408 g/mol. The van der Waals surface area contributed by atoms with Gasteiger partial charge in [-0.25, -0.2) is 8.42 Å². The molecular formula is C14H20ClN4O2S3+. The monoisotopic (exact) mass is 407 g/mol. The Bertz CT molecular complexity index is 900. The van der Waals surface area contributed by atoms with Crippen molar-refractivity contribution in [3.8, 4) is 0 Å². The molecule has 0 saturated carbocycles. The number of nitrogens with zero attached hydrogens (tertiary/aromatic N) is 3. The van der Waals surface area contributed by atoms with Gasteiger partial charge in [-0.2, -0.15) is 9.78 Å². The molecule has 0 bridgehead atoms. The van der Waals surface area contributed by atoms with Crippen LogP contribution in [0.1, 0.15) is 23.0 Å². The van der Waals surface area contributed by atoms with Crippen LogP contribution >= 0.6 is 35.2 Å². The van der Waals surface area contributed by atoms with Crippen molar-refractivity contribution in [3.63, 3.8) is 0 Å². The van der Waals surface area contributed by atoms with E-state index in [0.717, 1.165) is 16.7 Å². The molecule has 10 heteroatoms. The van der Waals surface area contributed by atoms with Gasteiger partial charge in [0.2, 0.25) is 4.77 Å². The zero-order valence-electron chi connectivity index (χ0n) is 13.5. The minimum Gasteiger partial charge on any atom is -0.314 e. The molecule has 1 aliphatic rings. The first-order valence-corrected chi connectivity index (χ1v) is 11.1. The van der Waals surface area contributed by atoms with E-state index in [0.29, 0.717) is 17.9 Å². The molecule has 1 fully saturated rings. The molecule has 6 nitrogen and oxygen atoms in total. The third-order valence-corrected chi connectivity index (χ3v) is 7.68. The molecule has 2 atom stereocenters. The molecule has 132 valence electrons. The highest BCUT2D eigenvalue weighted by Crippen LogP contribution is 2.27. The summed E-state index contributed by atoms with van der Waals surface area (Å²) < 4.78 is 28.5. The van der Waals surface area contributed by atoms with Crippen LogP contribution in [0.15, 0.2) is 12.1 Å². The summed E-state index contributed by atoms with van der Waals surface area (Å²) in [5.41, 5.74) is 0. The second-order valence-electron chi connectivity index (χ2n) is 6.30. The van der Waals surface area contributed by atoms with E-state index in [1.54, 1.807) is 16.0 Å². The van der Waals surface area contributed by atoms with Crippen LogP contribution in [0, 0.1) is 4.77 Å². The van der Waals surface area contributed by atoms with Gasteiger partial charge in [-0.1, -0.05) is 11.6 Å². The summed E-state index contributed by atoms with van der Waals surface area (Å²) in [7, 11) is 0.996. The van der Waals surface area contributed by atoms with Crippen molar-refractivity contribution in [1.29, 1.82) is 0 Å². The van der Waals surface area contributed by atoms with Crippen molar-refractivity contribution < 1.29 is 13.3 Å². The topological polar surface area (TPSA) is 61.3 Å². The van der Waals surface area contributed by atoms with E-state index >= 15 is 0 Å². The Hall–Kier alpha value is -0.740. The smallest absolute Gasteiger partial charge is 0.202 e. The summed E-state index contributed by atoms with van der Waals surface area (Å²) in [5, 5.41) is 4.61. The van der Waals surface area contributed by atoms with E-state index in [2.05, 4.69) is 12.1 Å². The number of thiophene rings is 1. The summed E-state index contributed by atoms with van der Waals surface area (Å²) >= 11 is 13.0. The largest absolute Gasteiger partial charge is 0.314 e. The summed E-state index contributed by atoms with van der Waals surface area (Å²) in [6, 6.07) is 3.93. The fourth-order valence-electron chi connectivity index (χ4n) is 3.02. The minimum absolute atomic E-state index is 0.0561. The number of aromatic nitrogens is 3. The van der Waals surface area contributed by atoms with E-state index in [4.69, 9.17) is 23.8 Å². The van der Waals surface area contributed by atoms with E-state index in [-0.39, 0.29) is 17.4 Å². The molecule has 3 heterocycles. The first-order chi connectivity index (χ1) is 11.2. The Morgan fingerprint density at radius 1 is 1.50 bits per heavy atom. The molecular weight excluding hydrogens is 388 g/mol. The lowest BCUT2D eigenvalue weighted by Gasteiger charge is -2.12. The molecule has 0 aromatic carbocycles. The van der Waals surface area contributed by atoms with E-state index in [1.807, 2.05) is 23.7 Å². The van der Waals surface area contributed by atoms with Gasteiger partial charge in [0.1, 0.15) is 12.4 Å². The molecule has 1 N–H and O–H groups in total. The maximum Gasteiger partial charge on any atom is 0.202 e. The van der Waals surface area contributed by atoms with Crippen LogP contribution in [0.2, 0.25) is 4.34 Å². The van der Waals surface area contributed by atoms with Crippen molar-refractivity contribution >= 4 is 45.0 Å². The molecule has 0 aliphatic carbocycles. The van der Waals surface area contributed by atoms with Gasteiger partial charge in [0.25, 0.3) is 0 Å². The Morgan fingerprint density at radius 2 is 2.25 bits per heavy atom. The number of hydrogen-bond donors (Lipinski definition) is 1.